The number of fused-ring (bicyclic) bond motifs is 3. The zero-order valence-electron chi connectivity index (χ0n) is 13.3. The van der Waals surface area contributed by atoms with E-state index in [0.717, 1.165) is 23.7 Å². The quantitative estimate of drug-likeness (QED) is 0.779. The molecule has 112 valence electrons. The van der Waals surface area contributed by atoms with Gasteiger partial charge in [0, 0.05) is 11.2 Å². The molecule has 2 aliphatic rings. The lowest BCUT2D eigenvalue weighted by Crippen LogP contribution is -2.30. The zero-order chi connectivity index (χ0) is 14.6. The predicted octanol–water partition coefficient (Wildman–Crippen LogP) is 4.90. The van der Waals surface area contributed by atoms with Gasteiger partial charge in [-0.25, -0.2) is 0 Å². The number of rotatable bonds is 3. The molecule has 1 nitrogen and oxygen atoms in total. The van der Waals surface area contributed by atoms with Crippen LogP contribution in [0.4, 0.5) is 0 Å². The van der Waals surface area contributed by atoms with Crippen LogP contribution in [-0.4, -0.2) is 25.5 Å². The summed E-state index contributed by atoms with van der Waals surface area (Å²) in [4.78, 5) is 2.40. The molecule has 0 saturated heterocycles. The summed E-state index contributed by atoms with van der Waals surface area (Å²) < 4.78 is 1.45. The summed E-state index contributed by atoms with van der Waals surface area (Å²) in [7, 11) is 4.46. The van der Waals surface area contributed by atoms with Gasteiger partial charge in [-0.15, -0.1) is 11.3 Å². The van der Waals surface area contributed by atoms with E-state index in [9.17, 15) is 0 Å². The number of benzene rings is 1. The Labute approximate surface area is 132 Å². The maximum Gasteiger partial charge on any atom is 0.0345 e. The van der Waals surface area contributed by atoms with Crippen molar-refractivity contribution >= 4 is 21.4 Å². The molecular formula is C19H25NS. The Kier molecular flexibility index (Phi) is 3.35. The van der Waals surface area contributed by atoms with Crippen molar-refractivity contribution in [1.82, 2.24) is 4.90 Å². The topological polar surface area (TPSA) is 3.24 Å². The lowest BCUT2D eigenvalue weighted by molar-refractivity contribution is 0.219. The fraction of sp³-hybridized carbons (Fsp3) is 0.579. The smallest absolute Gasteiger partial charge is 0.0345 e. The average molecular weight is 299 g/mol. The first kappa shape index (κ1) is 13.8. The van der Waals surface area contributed by atoms with Crippen molar-refractivity contribution in [3.05, 3.63) is 34.7 Å². The molecule has 4 atom stereocenters. The third-order valence-electron chi connectivity index (χ3n) is 5.84. The second-order valence-corrected chi connectivity index (χ2v) is 8.37. The highest BCUT2D eigenvalue weighted by atomic mass is 32.1. The largest absolute Gasteiger partial charge is 0.309 e. The number of hydrogen-bond acceptors (Lipinski definition) is 2. The van der Waals surface area contributed by atoms with E-state index in [1.165, 1.54) is 41.5 Å². The minimum atomic E-state index is 0.801. The van der Waals surface area contributed by atoms with E-state index in [1.807, 2.05) is 11.3 Å². The Morgan fingerprint density at radius 3 is 2.81 bits per heavy atom. The molecule has 0 N–H and O–H groups in total. The van der Waals surface area contributed by atoms with Gasteiger partial charge in [0.05, 0.1) is 0 Å². The molecule has 2 bridgehead atoms. The lowest BCUT2D eigenvalue weighted by atomic mass is 9.75. The van der Waals surface area contributed by atoms with Crippen LogP contribution in [0.25, 0.3) is 10.1 Å². The summed E-state index contributed by atoms with van der Waals surface area (Å²) >= 11 is 1.88. The molecule has 4 rings (SSSR count). The second kappa shape index (κ2) is 5.10. The minimum absolute atomic E-state index is 0.801. The molecule has 4 unspecified atom stereocenters. The minimum Gasteiger partial charge on any atom is -0.309 e. The van der Waals surface area contributed by atoms with E-state index in [2.05, 4.69) is 49.5 Å². The van der Waals surface area contributed by atoms with Gasteiger partial charge in [0.15, 0.2) is 0 Å². The van der Waals surface area contributed by atoms with Gasteiger partial charge in [0.1, 0.15) is 0 Å². The van der Waals surface area contributed by atoms with Gasteiger partial charge in [0.2, 0.25) is 0 Å². The van der Waals surface area contributed by atoms with Crippen LogP contribution in [0.5, 0.6) is 0 Å². The van der Waals surface area contributed by atoms with Gasteiger partial charge in [0.25, 0.3) is 0 Å². The van der Waals surface area contributed by atoms with Crippen molar-refractivity contribution in [3.63, 3.8) is 0 Å². The van der Waals surface area contributed by atoms with Crippen molar-refractivity contribution in [2.45, 2.75) is 32.1 Å². The third kappa shape index (κ3) is 2.24. The highest BCUT2D eigenvalue weighted by Gasteiger charge is 2.47. The van der Waals surface area contributed by atoms with Crippen molar-refractivity contribution < 1.29 is 0 Å². The van der Waals surface area contributed by atoms with Gasteiger partial charge < -0.3 is 4.90 Å². The standard InChI is InChI=1S/C19H25NS/c1-12-11-21-18-7-6-15(9-16(12)18)19-14-5-4-13(8-14)17(19)10-20(2)3/h6-7,9,11,13-14,17,19H,4-5,8,10H2,1-3H3. The molecule has 0 aliphatic heterocycles. The first-order valence-electron chi connectivity index (χ1n) is 8.26. The molecule has 1 aromatic carbocycles. The normalized spacial score (nSPS) is 31.6. The molecule has 2 aromatic rings. The molecule has 1 heterocycles. The van der Waals surface area contributed by atoms with Crippen LogP contribution < -0.4 is 0 Å². The van der Waals surface area contributed by atoms with Gasteiger partial charge in [-0.3, -0.25) is 0 Å². The number of aryl methyl sites for hydroxylation is 1. The van der Waals surface area contributed by atoms with E-state index in [4.69, 9.17) is 0 Å². The van der Waals surface area contributed by atoms with Crippen LogP contribution in [0.2, 0.25) is 0 Å². The summed E-state index contributed by atoms with van der Waals surface area (Å²) in [6.07, 6.45) is 4.41. The molecule has 21 heavy (non-hydrogen) atoms. The van der Waals surface area contributed by atoms with Crippen LogP contribution in [-0.2, 0) is 0 Å². The zero-order valence-corrected chi connectivity index (χ0v) is 14.1. The summed E-state index contributed by atoms with van der Waals surface area (Å²) in [5, 5.41) is 3.79. The van der Waals surface area contributed by atoms with E-state index >= 15 is 0 Å². The monoisotopic (exact) mass is 299 g/mol. The second-order valence-electron chi connectivity index (χ2n) is 7.46. The molecule has 0 radical (unpaired) electrons. The van der Waals surface area contributed by atoms with Crippen LogP contribution >= 0.6 is 11.3 Å². The Bertz CT molecular complexity index is 657. The number of nitrogens with zero attached hydrogens (tertiary/aromatic N) is 1. The van der Waals surface area contributed by atoms with E-state index in [-0.39, 0.29) is 0 Å². The Morgan fingerprint density at radius 1 is 1.19 bits per heavy atom. The highest BCUT2D eigenvalue weighted by Crippen LogP contribution is 2.57. The molecule has 2 aliphatic carbocycles. The molecule has 2 saturated carbocycles. The van der Waals surface area contributed by atoms with Crippen LogP contribution in [0.1, 0.15) is 36.3 Å². The van der Waals surface area contributed by atoms with Crippen molar-refractivity contribution in [3.8, 4) is 0 Å². The molecule has 1 aromatic heterocycles. The van der Waals surface area contributed by atoms with E-state index < -0.39 is 0 Å². The van der Waals surface area contributed by atoms with E-state index in [1.54, 1.807) is 5.56 Å². The van der Waals surface area contributed by atoms with Crippen LogP contribution in [0.3, 0.4) is 0 Å². The predicted molar refractivity (Wildman–Crippen MR) is 92.2 cm³/mol. The molecule has 2 fully saturated rings. The van der Waals surface area contributed by atoms with Gasteiger partial charge in [-0.05, 0) is 98.0 Å². The Balaban J connectivity index is 1.73. The Hall–Kier alpha value is -0.860. The van der Waals surface area contributed by atoms with Gasteiger partial charge in [-0.2, -0.15) is 0 Å². The van der Waals surface area contributed by atoms with Gasteiger partial charge >= 0.3 is 0 Å². The SMILES string of the molecule is Cc1csc2ccc(C3C4CCC(C4)C3CN(C)C)cc12. The van der Waals surface area contributed by atoms with Crippen molar-refractivity contribution in [2.24, 2.45) is 17.8 Å². The Morgan fingerprint density at radius 2 is 2.00 bits per heavy atom. The number of hydrogen-bond donors (Lipinski definition) is 0. The lowest BCUT2D eigenvalue weighted by Gasteiger charge is -2.33. The average Bonchev–Trinajstić information content (AvgIpc) is 3.13. The van der Waals surface area contributed by atoms with Crippen molar-refractivity contribution in [1.29, 1.82) is 0 Å². The molecular weight excluding hydrogens is 274 g/mol. The molecule has 2 heteroatoms. The summed E-state index contributed by atoms with van der Waals surface area (Å²) in [6, 6.07) is 7.29. The summed E-state index contributed by atoms with van der Waals surface area (Å²) in [5.41, 5.74) is 3.06. The first-order chi connectivity index (χ1) is 10.1. The first-order valence-corrected chi connectivity index (χ1v) is 9.14. The maximum atomic E-state index is 2.51. The van der Waals surface area contributed by atoms with Gasteiger partial charge in [-0.1, -0.05) is 6.07 Å². The fourth-order valence-electron chi connectivity index (χ4n) is 5.00. The van der Waals surface area contributed by atoms with Crippen LogP contribution in [0, 0.1) is 24.7 Å². The maximum absolute atomic E-state index is 2.51. The molecule has 0 amide bonds. The van der Waals surface area contributed by atoms with E-state index in [0.29, 0.717) is 0 Å². The fourth-order valence-corrected chi connectivity index (χ4v) is 5.92. The van der Waals surface area contributed by atoms with Crippen LogP contribution in [0.15, 0.2) is 23.6 Å². The summed E-state index contributed by atoms with van der Waals surface area (Å²) in [5.74, 6) is 3.59. The van der Waals surface area contributed by atoms with Crippen molar-refractivity contribution in [2.75, 3.05) is 20.6 Å². The number of thiophene rings is 1. The third-order valence-corrected chi connectivity index (χ3v) is 6.92. The summed E-state index contributed by atoms with van der Waals surface area (Å²) in [6.45, 7) is 3.51. The highest BCUT2D eigenvalue weighted by molar-refractivity contribution is 7.17. The molecule has 0 spiro atoms.